The Morgan fingerprint density at radius 3 is 1.84 bits per heavy atom. The van der Waals surface area contributed by atoms with Crippen LogP contribution >= 0.6 is 0 Å². The topological polar surface area (TPSA) is 137 Å². The van der Waals surface area contributed by atoms with Crippen LogP contribution in [0.15, 0.2) is 29.3 Å². The summed E-state index contributed by atoms with van der Waals surface area (Å²) in [7, 11) is 4.88. The number of anilines is 1. The van der Waals surface area contributed by atoms with Crippen molar-refractivity contribution in [3.8, 4) is 0 Å². The van der Waals surface area contributed by atoms with Crippen LogP contribution in [0, 0.1) is 5.82 Å². The van der Waals surface area contributed by atoms with Crippen molar-refractivity contribution in [2.24, 2.45) is 27.9 Å². The van der Waals surface area contributed by atoms with Crippen LogP contribution in [0.2, 0.25) is 0 Å². The number of benzene rings is 1. The second kappa shape index (κ2) is 10.8. The fraction of sp³-hybridized carbons (Fsp3) is 0.273. The van der Waals surface area contributed by atoms with E-state index in [1.54, 1.807) is 31.1 Å². The van der Waals surface area contributed by atoms with Gasteiger partial charge >= 0.3 is 6.03 Å². The van der Waals surface area contributed by atoms with Gasteiger partial charge in [-0.25, -0.2) is 9.18 Å². The molecule has 1 rings (SSSR count). The van der Waals surface area contributed by atoms with Crippen LogP contribution in [0.1, 0.15) is 0 Å². The second-order valence-electron chi connectivity index (χ2n) is 3.02. The van der Waals surface area contributed by atoms with Crippen LogP contribution in [0.3, 0.4) is 0 Å². The number of aliphatic imine (C=N–C) groups is 1. The van der Waals surface area contributed by atoms with E-state index in [0.29, 0.717) is 5.96 Å². The van der Waals surface area contributed by atoms with Gasteiger partial charge in [0.25, 0.3) is 0 Å². The molecule has 0 atom stereocenters. The standard InChI is InChI=1S/C9H12FN3.CH4N2O.CH5N/c1-12-9(11)13(2)8-5-3-7(10)4-6-8;2-1(3)4;1-2/h3-6H,1-2H3,(H2,11,12);(H4,2,3,4);2H2,1H3. The molecule has 0 saturated heterocycles. The van der Waals surface area contributed by atoms with Crippen LogP contribution in [0.5, 0.6) is 0 Å². The van der Waals surface area contributed by atoms with Crippen molar-refractivity contribution < 1.29 is 9.18 Å². The number of guanidine groups is 1. The van der Waals surface area contributed by atoms with Gasteiger partial charge in [0, 0.05) is 19.8 Å². The van der Waals surface area contributed by atoms with E-state index in [-0.39, 0.29) is 5.82 Å². The molecule has 0 unspecified atom stereocenters. The Bertz CT molecular complexity index is 389. The molecule has 0 heterocycles. The number of carbonyl (C=O) groups is 1. The van der Waals surface area contributed by atoms with E-state index < -0.39 is 6.03 Å². The van der Waals surface area contributed by atoms with E-state index >= 15 is 0 Å². The van der Waals surface area contributed by atoms with E-state index in [4.69, 9.17) is 10.5 Å². The number of hydrogen-bond donors (Lipinski definition) is 4. The molecular weight excluding hydrogens is 251 g/mol. The maximum absolute atomic E-state index is 12.6. The Morgan fingerprint density at radius 1 is 1.16 bits per heavy atom. The van der Waals surface area contributed by atoms with Gasteiger partial charge in [0.15, 0.2) is 5.96 Å². The molecule has 2 amide bonds. The van der Waals surface area contributed by atoms with E-state index in [1.165, 1.54) is 19.2 Å². The molecule has 8 heteroatoms. The minimum Gasteiger partial charge on any atom is -0.370 e. The number of halogens is 1. The smallest absolute Gasteiger partial charge is 0.309 e. The van der Waals surface area contributed by atoms with Gasteiger partial charge in [-0.1, -0.05) is 0 Å². The number of amides is 2. The molecule has 19 heavy (non-hydrogen) atoms. The van der Waals surface area contributed by atoms with Crippen molar-refractivity contribution in [1.29, 1.82) is 0 Å². The van der Waals surface area contributed by atoms with Crippen molar-refractivity contribution in [3.05, 3.63) is 30.1 Å². The molecule has 1 aromatic carbocycles. The summed E-state index contributed by atoms with van der Waals surface area (Å²) < 4.78 is 12.6. The first-order chi connectivity index (χ1) is 8.88. The lowest BCUT2D eigenvalue weighted by atomic mass is 10.3. The lowest BCUT2D eigenvalue weighted by Gasteiger charge is -2.17. The summed E-state index contributed by atoms with van der Waals surface area (Å²) in [6.07, 6.45) is 0. The lowest BCUT2D eigenvalue weighted by Crippen LogP contribution is -2.33. The van der Waals surface area contributed by atoms with Crippen molar-refractivity contribution in [2.45, 2.75) is 0 Å². The van der Waals surface area contributed by atoms with Crippen LogP contribution in [-0.4, -0.2) is 33.1 Å². The number of primary amides is 2. The third-order valence-electron chi connectivity index (χ3n) is 1.79. The molecule has 0 aliphatic heterocycles. The highest BCUT2D eigenvalue weighted by Crippen LogP contribution is 2.12. The van der Waals surface area contributed by atoms with Crippen LogP contribution < -0.4 is 27.8 Å². The fourth-order valence-electron chi connectivity index (χ4n) is 0.947. The summed E-state index contributed by atoms with van der Waals surface area (Å²) >= 11 is 0. The number of nitrogens with two attached hydrogens (primary N) is 4. The molecule has 0 fully saturated rings. The average molecular weight is 272 g/mol. The highest BCUT2D eigenvalue weighted by molar-refractivity contribution is 5.94. The molecule has 108 valence electrons. The van der Waals surface area contributed by atoms with Gasteiger partial charge < -0.3 is 27.8 Å². The molecule has 7 nitrogen and oxygen atoms in total. The van der Waals surface area contributed by atoms with Gasteiger partial charge in [0.05, 0.1) is 0 Å². The van der Waals surface area contributed by atoms with Gasteiger partial charge in [-0.15, -0.1) is 0 Å². The number of urea groups is 1. The normalized spacial score (nSPS) is 9.42. The fourth-order valence-corrected chi connectivity index (χ4v) is 0.947. The van der Waals surface area contributed by atoms with Crippen molar-refractivity contribution in [1.82, 2.24) is 0 Å². The van der Waals surface area contributed by atoms with Gasteiger partial charge in [0.2, 0.25) is 0 Å². The quantitative estimate of drug-likeness (QED) is 0.415. The third kappa shape index (κ3) is 9.36. The number of nitrogens with zero attached hydrogens (tertiary/aromatic N) is 2. The summed E-state index contributed by atoms with van der Waals surface area (Å²) in [5.41, 5.74) is 19.4. The lowest BCUT2D eigenvalue weighted by molar-refractivity contribution is 0.256. The van der Waals surface area contributed by atoms with E-state index in [2.05, 4.69) is 22.2 Å². The molecule has 0 aliphatic rings. The zero-order valence-electron chi connectivity index (χ0n) is 11.3. The Kier molecular flexibility index (Phi) is 10.8. The second-order valence-corrected chi connectivity index (χ2v) is 3.02. The predicted molar refractivity (Wildman–Crippen MR) is 76.2 cm³/mol. The third-order valence-corrected chi connectivity index (χ3v) is 1.79. The highest BCUT2D eigenvalue weighted by atomic mass is 19.1. The number of carbonyl (C=O) groups excluding carboxylic acids is 1. The first-order valence-corrected chi connectivity index (χ1v) is 5.22. The van der Waals surface area contributed by atoms with Crippen molar-refractivity contribution in [3.63, 3.8) is 0 Å². The van der Waals surface area contributed by atoms with Gasteiger partial charge in [0.1, 0.15) is 5.82 Å². The Morgan fingerprint density at radius 2 is 1.53 bits per heavy atom. The Balaban J connectivity index is 0. The van der Waals surface area contributed by atoms with Crippen LogP contribution in [0.4, 0.5) is 14.9 Å². The molecular formula is C11H21FN6O. The minimum atomic E-state index is -0.833. The largest absolute Gasteiger partial charge is 0.370 e. The Labute approximate surface area is 112 Å². The van der Waals surface area contributed by atoms with Gasteiger partial charge in [-0.05, 0) is 31.3 Å². The van der Waals surface area contributed by atoms with Crippen molar-refractivity contribution in [2.75, 3.05) is 26.0 Å². The number of hydrogen-bond acceptors (Lipinski definition) is 3. The van der Waals surface area contributed by atoms with Crippen LogP contribution in [-0.2, 0) is 0 Å². The molecule has 0 aromatic heterocycles. The first-order valence-electron chi connectivity index (χ1n) is 5.22. The van der Waals surface area contributed by atoms with Gasteiger partial charge in [-0.3, -0.25) is 4.99 Å². The Hall–Kier alpha value is -2.35. The van der Waals surface area contributed by atoms with Crippen LogP contribution in [0.25, 0.3) is 0 Å². The van der Waals surface area contributed by atoms with E-state index in [0.717, 1.165) is 5.69 Å². The highest BCUT2D eigenvalue weighted by Gasteiger charge is 2.03. The monoisotopic (exact) mass is 272 g/mol. The minimum absolute atomic E-state index is 0.260. The maximum atomic E-state index is 12.6. The zero-order chi connectivity index (χ0) is 15.4. The summed E-state index contributed by atoms with van der Waals surface area (Å²) in [5.74, 6) is 0.135. The summed E-state index contributed by atoms with van der Waals surface area (Å²) in [6.45, 7) is 0. The van der Waals surface area contributed by atoms with E-state index in [1.807, 2.05) is 0 Å². The summed E-state index contributed by atoms with van der Waals surface area (Å²) in [6, 6.07) is 5.23. The summed E-state index contributed by atoms with van der Waals surface area (Å²) in [5, 5.41) is 0. The summed E-state index contributed by atoms with van der Waals surface area (Å²) in [4.78, 5) is 14.5. The van der Waals surface area contributed by atoms with E-state index in [9.17, 15) is 4.39 Å². The number of rotatable bonds is 1. The predicted octanol–water partition coefficient (Wildman–Crippen LogP) is -0.195. The molecule has 0 aliphatic carbocycles. The molecule has 0 radical (unpaired) electrons. The SMILES string of the molecule is CN.CN=C(N)N(C)c1ccc(F)cc1.NC(N)=O. The van der Waals surface area contributed by atoms with Gasteiger partial charge in [-0.2, -0.15) is 0 Å². The first kappa shape index (κ1) is 19.0. The van der Waals surface area contributed by atoms with Crippen molar-refractivity contribution >= 4 is 17.7 Å². The zero-order valence-corrected chi connectivity index (χ0v) is 11.3. The molecule has 0 saturated carbocycles. The maximum Gasteiger partial charge on any atom is 0.309 e. The molecule has 0 bridgehead atoms. The average Bonchev–Trinajstić information content (AvgIpc) is 2.39. The molecule has 8 N–H and O–H groups in total. The molecule has 0 spiro atoms. The molecule has 1 aromatic rings.